The van der Waals surface area contributed by atoms with E-state index in [0.29, 0.717) is 18.1 Å². The van der Waals surface area contributed by atoms with Gasteiger partial charge >= 0.3 is 12.0 Å². The number of amides is 4. The molecule has 0 saturated carbocycles. The van der Waals surface area contributed by atoms with Crippen LogP contribution in [0.15, 0.2) is 24.3 Å². The first kappa shape index (κ1) is 18.2. The lowest BCUT2D eigenvalue weighted by Crippen LogP contribution is -2.37. The van der Waals surface area contributed by atoms with E-state index in [2.05, 4.69) is 5.32 Å². The van der Waals surface area contributed by atoms with Crippen LogP contribution >= 0.6 is 11.6 Å². The maximum absolute atomic E-state index is 12.2. The SMILES string of the molecule is O=C(OCC(=O)N1CCNC1=O)[C@H]1CC(=O)N(Cc2ccccc2Cl)C1. The van der Waals surface area contributed by atoms with Gasteiger partial charge in [0.05, 0.1) is 5.92 Å². The third kappa shape index (κ3) is 3.96. The van der Waals surface area contributed by atoms with E-state index in [-0.39, 0.29) is 25.4 Å². The maximum atomic E-state index is 12.2. The summed E-state index contributed by atoms with van der Waals surface area (Å²) in [7, 11) is 0. The second kappa shape index (κ2) is 7.74. The second-order valence-electron chi connectivity index (χ2n) is 6.15. The molecular formula is C17H18ClN3O5. The Hall–Kier alpha value is -2.61. The molecule has 0 spiro atoms. The molecule has 2 heterocycles. The smallest absolute Gasteiger partial charge is 0.324 e. The molecule has 0 aliphatic carbocycles. The van der Waals surface area contributed by atoms with Crippen LogP contribution in [0.25, 0.3) is 0 Å². The largest absolute Gasteiger partial charge is 0.455 e. The number of nitrogens with zero attached hydrogens (tertiary/aromatic N) is 2. The Morgan fingerprint density at radius 1 is 1.27 bits per heavy atom. The fourth-order valence-electron chi connectivity index (χ4n) is 2.95. The average Bonchev–Trinajstić information content (AvgIpc) is 3.20. The number of hydrogen-bond donors (Lipinski definition) is 1. The van der Waals surface area contributed by atoms with Crippen molar-refractivity contribution in [1.82, 2.24) is 15.1 Å². The van der Waals surface area contributed by atoms with Crippen molar-refractivity contribution in [3.05, 3.63) is 34.9 Å². The topological polar surface area (TPSA) is 96.0 Å². The summed E-state index contributed by atoms with van der Waals surface area (Å²) in [4.78, 5) is 50.1. The van der Waals surface area contributed by atoms with E-state index in [1.165, 1.54) is 0 Å². The Labute approximate surface area is 155 Å². The van der Waals surface area contributed by atoms with Crippen LogP contribution in [-0.2, 0) is 25.7 Å². The van der Waals surface area contributed by atoms with Crippen LogP contribution < -0.4 is 5.32 Å². The zero-order valence-corrected chi connectivity index (χ0v) is 14.7. The normalized spacial score (nSPS) is 19.7. The van der Waals surface area contributed by atoms with Gasteiger partial charge in [-0.1, -0.05) is 29.8 Å². The summed E-state index contributed by atoms with van der Waals surface area (Å²) in [5, 5.41) is 3.05. The maximum Gasteiger partial charge on any atom is 0.324 e. The van der Waals surface area contributed by atoms with Crippen LogP contribution in [-0.4, -0.2) is 59.9 Å². The molecule has 9 heteroatoms. The molecule has 138 valence electrons. The predicted octanol–water partition coefficient (Wildman–Crippen LogP) is 0.784. The standard InChI is InChI=1S/C17H18ClN3O5/c18-13-4-2-1-3-11(13)8-20-9-12(7-14(20)22)16(24)26-10-15(23)21-6-5-19-17(21)25/h1-4,12H,5-10H2,(H,19,25)/t12-/m0/s1. The number of esters is 1. The first-order valence-corrected chi connectivity index (χ1v) is 8.59. The van der Waals surface area contributed by atoms with Gasteiger partial charge in [-0.05, 0) is 11.6 Å². The molecule has 1 aromatic carbocycles. The van der Waals surface area contributed by atoms with Gasteiger partial charge in [0.2, 0.25) is 5.91 Å². The molecule has 4 amide bonds. The number of urea groups is 1. The predicted molar refractivity (Wildman–Crippen MR) is 91.0 cm³/mol. The van der Waals surface area contributed by atoms with Crippen LogP contribution in [0, 0.1) is 5.92 Å². The number of carbonyl (C=O) groups is 4. The average molecular weight is 380 g/mol. The number of hydrogen-bond acceptors (Lipinski definition) is 5. The molecule has 0 radical (unpaired) electrons. The second-order valence-corrected chi connectivity index (χ2v) is 6.56. The summed E-state index contributed by atoms with van der Waals surface area (Å²) >= 11 is 6.10. The number of halogens is 1. The molecule has 2 fully saturated rings. The number of ether oxygens (including phenoxy) is 1. The summed E-state index contributed by atoms with van der Waals surface area (Å²) in [6.45, 7) is 0.646. The molecule has 2 saturated heterocycles. The van der Waals surface area contributed by atoms with Crippen molar-refractivity contribution in [2.75, 3.05) is 26.2 Å². The highest BCUT2D eigenvalue weighted by Gasteiger charge is 2.36. The first-order chi connectivity index (χ1) is 12.5. The first-order valence-electron chi connectivity index (χ1n) is 8.21. The minimum atomic E-state index is -0.634. The van der Waals surface area contributed by atoms with E-state index in [4.69, 9.17) is 16.3 Å². The molecule has 8 nitrogen and oxygen atoms in total. The zero-order valence-electron chi connectivity index (χ0n) is 13.9. The molecular weight excluding hydrogens is 362 g/mol. The Kier molecular flexibility index (Phi) is 5.41. The minimum Gasteiger partial charge on any atom is -0.455 e. The summed E-state index contributed by atoms with van der Waals surface area (Å²) in [6.07, 6.45) is 0.0294. The summed E-state index contributed by atoms with van der Waals surface area (Å²) in [6, 6.07) is 6.70. The van der Waals surface area contributed by atoms with Crippen LogP contribution in [0.4, 0.5) is 4.79 Å². The van der Waals surface area contributed by atoms with Crippen LogP contribution in [0.1, 0.15) is 12.0 Å². The molecule has 1 N–H and O–H groups in total. The number of rotatable bonds is 5. The summed E-state index contributed by atoms with van der Waals surface area (Å²) in [5.41, 5.74) is 0.798. The van der Waals surface area contributed by atoms with Gasteiger partial charge in [-0.25, -0.2) is 4.79 Å². The molecule has 0 unspecified atom stereocenters. The van der Waals surface area contributed by atoms with Gasteiger partial charge in [0.15, 0.2) is 6.61 Å². The van der Waals surface area contributed by atoms with E-state index >= 15 is 0 Å². The molecule has 3 rings (SSSR count). The quantitative estimate of drug-likeness (QED) is 0.763. The zero-order chi connectivity index (χ0) is 18.7. The monoisotopic (exact) mass is 379 g/mol. The Balaban J connectivity index is 1.51. The van der Waals surface area contributed by atoms with Crippen molar-refractivity contribution in [3.63, 3.8) is 0 Å². The fourth-order valence-corrected chi connectivity index (χ4v) is 3.15. The number of likely N-dealkylation sites (tertiary alicyclic amines) is 1. The van der Waals surface area contributed by atoms with Crippen molar-refractivity contribution in [2.24, 2.45) is 5.92 Å². The molecule has 0 bridgehead atoms. The highest BCUT2D eigenvalue weighted by Crippen LogP contribution is 2.24. The van der Waals surface area contributed by atoms with E-state index in [1.807, 2.05) is 12.1 Å². The molecule has 2 aliphatic heterocycles. The lowest BCUT2D eigenvalue weighted by molar-refractivity contribution is -0.154. The molecule has 0 aromatic heterocycles. The van der Waals surface area contributed by atoms with E-state index in [0.717, 1.165) is 10.5 Å². The molecule has 26 heavy (non-hydrogen) atoms. The van der Waals surface area contributed by atoms with Gasteiger partial charge in [0.1, 0.15) is 0 Å². The Morgan fingerprint density at radius 3 is 2.73 bits per heavy atom. The van der Waals surface area contributed by atoms with Gasteiger partial charge in [-0.2, -0.15) is 0 Å². The minimum absolute atomic E-state index is 0.0294. The van der Waals surface area contributed by atoms with Gasteiger partial charge in [0, 0.05) is 37.6 Å². The van der Waals surface area contributed by atoms with Crippen molar-refractivity contribution >= 4 is 35.4 Å². The highest BCUT2D eigenvalue weighted by molar-refractivity contribution is 6.31. The highest BCUT2D eigenvalue weighted by atomic mass is 35.5. The molecule has 1 atom stereocenters. The van der Waals surface area contributed by atoms with Gasteiger partial charge in [-0.3, -0.25) is 19.3 Å². The van der Waals surface area contributed by atoms with Crippen molar-refractivity contribution < 1.29 is 23.9 Å². The van der Waals surface area contributed by atoms with Gasteiger partial charge in [0.25, 0.3) is 5.91 Å². The van der Waals surface area contributed by atoms with Crippen LogP contribution in [0.2, 0.25) is 5.02 Å². The summed E-state index contributed by atoms with van der Waals surface area (Å²) in [5.74, 6) is -2.00. The fraction of sp³-hybridized carbons (Fsp3) is 0.412. The van der Waals surface area contributed by atoms with E-state index in [1.54, 1.807) is 17.0 Å². The van der Waals surface area contributed by atoms with Gasteiger partial charge in [-0.15, -0.1) is 0 Å². The molecule has 2 aliphatic rings. The number of nitrogens with one attached hydrogen (secondary N) is 1. The third-order valence-electron chi connectivity index (χ3n) is 4.36. The van der Waals surface area contributed by atoms with Crippen LogP contribution in [0.3, 0.4) is 0 Å². The molecule has 1 aromatic rings. The van der Waals surface area contributed by atoms with Crippen molar-refractivity contribution in [1.29, 1.82) is 0 Å². The lowest BCUT2D eigenvalue weighted by Gasteiger charge is -2.17. The number of imide groups is 1. The van der Waals surface area contributed by atoms with E-state index < -0.39 is 30.4 Å². The Bertz CT molecular complexity index is 754. The number of carbonyl (C=O) groups excluding carboxylic acids is 4. The number of benzene rings is 1. The Morgan fingerprint density at radius 2 is 2.04 bits per heavy atom. The lowest BCUT2D eigenvalue weighted by atomic mass is 10.1. The summed E-state index contributed by atoms with van der Waals surface area (Å²) < 4.78 is 5.00. The van der Waals surface area contributed by atoms with Gasteiger partial charge < -0.3 is 15.0 Å². The van der Waals surface area contributed by atoms with Crippen LogP contribution in [0.5, 0.6) is 0 Å². The third-order valence-corrected chi connectivity index (χ3v) is 4.73. The van der Waals surface area contributed by atoms with Crippen molar-refractivity contribution in [2.45, 2.75) is 13.0 Å². The van der Waals surface area contributed by atoms with E-state index in [9.17, 15) is 19.2 Å². The van der Waals surface area contributed by atoms with Crippen molar-refractivity contribution in [3.8, 4) is 0 Å².